The lowest BCUT2D eigenvalue weighted by Crippen LogP contribution is -2.53. The minimum absolute atomic E-state index is 0.0195. The number of nitrogens with zero attached hydrogens (tertiary/aromatic N) is 2. The minimum Gasteiger partial charge on any atom is -0.352 e. The van der Waals surface area contributed by atoms with Crippen LogP contribution in [0.3, 0.4) is 0 Å². The van der Waals surface area contributed by atoms with Crippen molar-refractivity contribution < 1.29 is 22.4 Å². The first kappa shape index (κ1) is 29.5. The van der Waals surface area contributed by atoms with Crippen LogP contribution in [0.4, 0.5) is 10.1 Å². The molecule has 0 unspecified atom stereocenters. The predicted octanol–water partition coefficient (Wildman–Crippen LogP) is 5.42. The van der Waals surface area contributed by atoms with Gasteiger partial charge in [-0.1, -0.05) is 60.1 Å². The Balaban J connectivity index is 1.91. The molecule has 7 nitrogen and oxygen atoms in total. The van der Waals surface area contributed by atoms with Crippen LogP contribution >= 0.6 is 34.8 Å². The fourth-order valence-corrected chi connectivity index (χ4v) is 5.72. The van der Waals surface area contributed by atoms with Gasteiger partial charge in [0.1, 0.15) is 18.4 Å². The van der Waals surface area contributed by atoms with Crippen LogP contribution in [-0.4, -0.2) is 50.0 Å². The van der Waals surface area contributed by atoms with E-state index < -0.39 is 34.3 Å². The number of hydrogen-bond acceptors (Lipinski definition) is 4. The number of nitrogens with one attached hydrogen (secondary N) is 1. The Kier molecular flexibility index (Phi) is 10.1. The summed E-state index contributed by atoms with van der Waals surface area (Å²) in [5.74, 6) is -1.72. The van der Waals surface area contributed by atoms with Crippen LogP contribution in [0.5, 0.6) is 0 Å². The number of benzene rings is 2. The second-order valence-electron chi connectivity index (χ2n) is 9.14. The summed E-state index contributed by atoms with van der Waals surface area (Å²) < 4.78 is 39.7. The Bertz CT molecular complexity index is 1260. The van der Waals surface area contributed by atoms with E-state index >= 15 is 0 Å². The van der Waals surface area contributed by atoms with Crippen molar-refractivity contribution in [3.8, 4) is 0 Å². The monoisotopic (exact) mass is 591 g/mol. The van der Waals surface area contributed by atoms with Crippen molar-refractivity contribution in [2.24, 2.45) is 0 Å². The number of carbonyl (C=O) groups excluding carboxylic acids is 2. The van der Waals surface area contributed by atoms with E-state index in [2.05, 4.69) is 5.32 Å². The zero-order chi connectivity index (χ0) is 27.3. The van der Waals surface area contributed by atoms with E-state index in [1.807, 2.05) is 0 Å². The topological polar surface area (TPSA) is 86.8 Å². The van der Waals surface area contributed by atoms with Crippen LogP contribution < -0.4 is 9.62 Å². The third kappa shape index (κ3) is 7.96. The van der Waals surface area contributed by atoms with Gasteiger partial charge >= 0.3 is 0 Å². The minimum atomic E-state index is -3.97. The SMILES string of the molecule is C[C@H](C(=O)NC1CCCCC1)N(Cc1ccc(Cl)cc1Cl)C(=O)CN(c1ccc(F)c(Cl)c1)S(C)(=O)=O. The predicted molar refractivity (Wildman–Crippen MR) is 145 cm³/mol. The summed E-state index contributed by atoms with van der Waals surface area (Å²) in [5, 5.41) is 3.44. The van der Waals surface area contributed by atoms with Crippen LogP contribution in [0.15, 0.2) is 36.4 Å². The van der Waals surface area contributed by atoms with Gasteiger partial charge in [-0.2, -0.15) is 0 Å². The van der Waals surface area contributed by atoms with Crippen LogP contribution in [0, 0.1) is 5.82 Å². The van der Waals surface area contributed by atoms with Crippen LogP contribution in [0.1, 0.15) is 44.6 Å². The highest BCUT2D eigenvalue weighted by Crippen LogP contribution is 2.27. The standard InChI is InChI=1S/C25H29Cl3FN3O4S/c1-16(25(34)30-19-6-4-3-5-7-19)31(14-17-8-9-18(26)12-21(17)27)24(33)15-32(37(2,35)36)20-10-11-23(29)22(28)13-20/h8-13,16,19H,3-7,14-15H2,1-2H3,(H,30,34)/t16-/m1/s1. The number of sulfonamides is 1. The van der Waals surface area contributed by atoms with Gasteiger partial charge in [0.05, 0.1) is 17.0 Å². The molecule has 3 rings (SSSR count). The molecule has 2 aromatic carbocycles. The first-order chi connectivity index (χ1) is 17.4. The number of rotatable bonds is 9. The molecule has 1 atom stereocenters. The molecular formula is C25H29Cl3FN3O4S. The number of carbonyl (C=O) groups is 2. The molecule has 0 heterocycles. The average molecular weight is 593 g/mol. The zero-order valence-corrected chi connectivity index (χ0v) is 23.6. The first-order valence-corrected chi connectivity index (χ1v) is 14.8. The molecule has 1 saturated carbocycles. The zero-order valence-electron chi connectivity index (χ0n) is 20.5. The van der Waals surface area contributed by atoms with Crippen molar-refractivity contribution in [2.45, 2.75) is 57.7 Å². The largest absolute Gasteiger partial charge is 0.352 e. The molecule has 1 aliphatic rings. The summed E-state index contributed by atoms with van der Waals surface area (Å²) in [6, 6.07) is 7.24. The highest BCUT2D eigenvalue weighted by molar-refractivity contribution is 7.92. The number of hydrogen-bond donors (Lipinski definition) is 1. The van der Waals surface area contributed by atoms with Crippen LogP contribution in [0.2, 0.25) is 15.1 Å². The van der Waals surface area contributed by atoms with Crippen molar-refractivity contribution in [3.63, 3.8) is 0 Å². The second kappa shape index (κ2) is 12.7. The molecule has 202 valence electrons. The van der Waals surface area contributed by atoms with E-state index in [1.165, 1.54) is 17.0 Å². The van der Waals surface area contributed by atoms with Crippen molar-refractivity contribution in [1.82, 2.24) is 10.2 Å². The summed E-state index contributed by atoms with van der Waals surface area (Å²) in [6.07, 6.45) is 5.82. The van der Waals surface area contributed by atoms with Crippen molar-refractivity contribution in [2.75, 3.05) is 17.1 Å². The molecule has 0 spiro atoms. The fourth-order valence-electron chi connectivity index (χ4n) is 4.24. The number of halogens is 4. The van der Waals surface area contributed by atoms with Gasteiger partial charge in [-0.15, -0.1) is 0 Å². The first-order valence-electron chi connectivity index (χ1n) is 11.8. The maximum atomic E-state index is 13.7. The summed E-state index contributed by atoms with van der Waals surface area (Å²) >= 11 is 18.2. The van der Waals surface area contributed by atoms with E-state index in [9.17, 15) is 22.4 Å². The lowest BCUT2D eigenvalue weighted by Gasteiger charge is -2.33. The molecule has 0 aliphatic heterocycles. The molecule has 1 aliphatic carbocycles. The normalized spacial score (nSPS) is 15.2. The Hall–Kier alpha value is -2.07. The molecule has 0 radical (unpaired) electrons. The van der Waals surface area contributed by atoms with Gasteiger partial charge in [0.2, 0.25) is 21.8 Å². The summed E-state index contributed by atoms with van der Waals surface area (Å²) in [5.41, 5.74) is 0.554. The van der Waals surface area contributed by atoms with Gasteiger partial charge in [0, 0.05) is 22.6 Å². The third-order valence-corrected chi connectivity index (χ3v) is 8.36. The highest BCUT2D eigenvalue weighted by Gasteiger charge is 2.31. The van der Waals surface area contributed by atoms with E-state index in [0.29, 0.717) is 15.6 Å². The Morgan fingerprint density at radius 1 is 1.05 bits per heavy atom. The van der Waals surface area contributed by atoms with E-state index in [1.54, 1.807) is 19.1 Å². The molecule has 12 heteroatoms. The smallest absolute Gasteiger partial charge is 0.244 e. The molecule has 1 fully saturated rings. The third-order valence-electron chi connectivity index (χ3n) is 6.35. The molecule has 37 heavy (non-hydrogen) atoms. The number of anilines is 1. The quantitative estimate of drug-likeness (QED) is 0.421. The molecule has 2 aromatic rings. The Labute approximate surface area is 231 Å². The van der Waals surface area contributed by atoms with Gasteiger partial charge < -0.3 is 10.2 Å². The molecular weight excluding hydrogens is 564 g/mol. The van der Waals surface area contributed by atoms with Gasteiger partial charge in [-0.3, -0.25) is 13.9 Å². The van der Waals surface area contributed by atoms with Crippen molar-refractivity contribution in [3.05, 3.63) is 62.8 Å². The molecule has 0 aromatic heterocycles. The summed E-state index contributed by atoms with van der Waals surface area (Å²) in [6.45, 7) is 0.891. The summed E-state index contributed by atoms with van der Waals surface area (Å²) in [7, 11) is -3.97. The van der Waals surface area contributed by atoms with E-state index in [0.717, 1.165) is 54.8 Å². The van der Waals surface area contributed by atoms with Gasteiger partial charge in [-0.25, -0.2) is 12.8 Å². The molecule has 0 saturated heterocycles. The van der Waals surface area contributed by atoms with Crippen molar-refractivity contribution >= 4 is 62.3 Å². The lowest BCUT2D eigenvalue weighted by molar-refractivity contribution is -0.139. The average Bonchev–Trinajstić information content (AvgIpc) is 2.83. The van der Waals surface area contributed by atoms with Gasteiger partial charge in [0.15, 0.2) is 0 Å². The molecule has 1 N–H and O–H groups in total. The van der Waals surface area contributed by atoms with E-state index in [4.69, 9.17) is 34.8 Å². The van der Waals surface area contributed by atoms with Gasteiger partial charge in [-0.05, 0) is 55.7 Å². The maximum Gasteiger partial charge on any atom is 0.244 e. The van der Waals surface area contributed by atoms with Gasteiger partial charge in [0.25, 0.3) is 0 Å². The Morgan fingerprint density at radius 3 is 2.32 bits per heavy atom. The fraction of sp³-hybridized carbons (Fsp3) is 0.440. The van der Waals surface area contributed by atoms with Crippen LogP contribution in [-0.2, 0) is 26.2 Å². The maximum absolute atomic E-state index is 13.7. The Morgan fingerprint density at radius 2 is 1.73 bits per heavy atom. The second-order valence-corrected chi connectivity index (χ2v) is 12.3. The lowest BCUT2D eigenvalue weighted by atomic mass is 9.95. The molecule has 0 bridgehead atoms. The van der Waals surface area contributed by atoms with Crippen molar-refractivity contribution in [1.29, 1.82) is 0 Å². The number of amides is 2. The van der Waals surface area contributed by atoms with E-state index in [-0.39, 0.29) is 29.2 Å². The summed E-state index contributed by atoms with van der Waals surface area (Å²) in [4.78, 5) is 28.1. The molecule has 2 amide bonds. The van der Waals surface area contributed by atoms with Crippen LogP contribution in [0.25, 0.3) is 0 Å². The highest BCUT2D eigenvalue weighted by atomic mass is 35.5.